The minimum Gasteiger partial charge on any atom is -0.505 e. The van der Waals surface area contributed by atoms with Crippen LogP contribution in [0.4, 0.5) is 19.3 Å². The number of nitrogens with one attached hydrogen (secondary N) is 2. The fourth-order valence-electron chi connectivity index (χ4n) is 2.57. The molecule has 0 fully saturated rings. The number of aromatic nitrogens is 1. The van der Waals surface area contributed by atoms with Gasteiger partial charge in [0, 0.05) is 17.7 Å². The maximum atomic E-state index is 13.9. The molecule has 0 aliphatic rings. The second kappa shape index (κ2) is 6.83. The van der Waals surface area contributed by atoms with Gasteiger partial charge in [-0.15, -0.1) is 0 Å². The predicted molar refractivity (Wildman–Crippen MR) is 92.2 cm³/mol. The monoisotopic (exact) mass is 360 g/mol. The minimum absolute atomic E-state index is 0.0220. The quantitative estimate of drug-likeness (QED) is 0.663. The molecule has 0 aliphatic carbocycles. The summed E-state index contributed by atoms with van der Waals surface area (Å²) in [6, 6.07) is 7.12. The topological polar surface area (TPSA) is 91.4 Å². The van der Waals surface area contributed by atoms with Crippen LogP contribution in [-0.4, -0.2) is 22.8 Å². The van der Waals surface area contributed by atoms with Crippen molar-refractivity contribution in [2.45, 2.75) is 6.92 Å². The highest BCUT2D eigenvalue weighted by molar-refractivity contribution is 5.92. The first-order valence-electron chi connectivity index (χ1n) is 7.69. The number of hydrogen-bond acceptors (Lipinski definition) is 4. The van der Waals surface area contributed by atoms with Crippen molar-refractivity contribution < 1.29 is 23.4 Å². The molecule has 8 heteroatoms. The van der Waals surface area contributed by atoms with Crippen LogP contribution >= 0.6 is 0 Å². The number of anilines is 1. The first-order chi connectivity index (χ1) is 12.4. The van der Waals surface area contributed by atoms with Gasteiger partial charge in [-0.05, 0) is 25.1 Å². The van der Waals surface area contributed by atoms with Gasteiger partial charge >= 0.3 is 6.09 Å². The minimum atomic E-state index is -0.949. The third kappa shape index (κ3) is 3.21. The molecular weight excluding hydrogens is 346 g/mol. The van der Waals surface area contributed by atoms with Crippen molar-refractivity contribution in [3.63, 3.8) is 0 Å². The van der Waals surface area contributed by atoms with E-state index in [2.05, 4.69) is 10.3 Å². The van der Waals surface area contributed by atoms with Crippen LogP contribution in [0.3, 0.4) is 0 Å². The highest BCUT2D eigenvalue weighted by Gasteiger charge is 2.16. The Bertz CT molecular complexity index is 1060. The number of hydrogen-bond donors (Lipinski definition) is 3. The molecule has 0 radical (unpaired) electrons. The molecule has 0 saturated carbocycles. The smallest absolute Gasteiger partial charge is 0.411 e. The molecule has 0 spiro atoms. The zero-order valence-electron chi connectivity index (χ0n) is 13.6. The molecule has 1 heterocycles. The Kier molecular flexibility index (Phi) is 4.57. The molecule has 1 amide bonds. The highest BCUT2D eigenvalue weighted by Crippen LogP contribution is 2.33. The van der Waals surface area contributed by atoms with Gasteiger partial charge in [0.1, 0.15) is 5.82 Å². The van der Waals surface area contributed by atoms with Crippen molar-refractivity contribution in [3.05, 3.63) is 58.3 Å². The second-order valence-corrected chi connectivity index (χ2v) is 5.40. The van der Waals surface area contributed by atoms with Crippen LogP contribution in [0.5, 0.6) is 5.75 Å². The van der Waals surface area contributed by atoms with E-state index >= 15 is 0 Å². The average molecular weight is 360 g/mol. The molecule has 0 bridgehead atoms. The maximum absolute atomic E-state index is 13.9. The maximum Gasteiger partial charge on any atom is 0.411 e. The number of aromatic hydroxyl groups is 1. The van der Waals surface area contributed by atoms with Gasteiger partial charge in [-0.1, -0.05) is 6.07 Å². The van der Waals surface area contributed by atoms with Crippen molar-refractivity contribution >= 4 is 22.7 Å². The number of pyridine rings is 1. The third-order valence-electron chi connectivity index (χ3n) is 3.69. The lowest BCUT2D eigenvalue weighted by Crippen LogP contribution is -2.14. The van der Waals surface area contributed by atoms with E-state index in [1.807, 2.05) is 0 Å². The lowest BCUT2D eigenvalue weighted by molar-refractivity contribution is 0.168. The number of carbonyl (C=O) groups is 1. The Balaban J connectivity index is 2.20. The average Bonchev–Trinajstić information content (AvgIpc) is 2.57. The Morgan fingerprint density at radius 1 is 1.23 bits per heavy atom. The highest BCUT2D eigenvalue weighted by atomic mass is 19.1. The number of fused-ring (bicyclic) bond motifs is 1. The summed E-state index contributed by atoms with van der Waals surface area (Å²) in [5.74, 6) is -2.32. The van der Waals surface area contributed by atoms with Crippen molar-refractivity contribution in [2.75, 3.05) is 11.9 Å². The lowest BCUT2D eigenvalue weighted by atomic mass is 10.1. The SMILES string of the molecule is CCOC(=O)Nc1cc(O)c(F)cc1-c1cc(=O)c2c(F)cccc2[nH]1. The van der Waals surface area contributed by atoms with E-state index in [-0.39, 0.29) is 34.5 Å². The van der Waals surface area contributed by atoms with E-state index in [0.717, 1.165) is 24.3 Å². The molecule has 2 aromatic carbocycles. The molecule has 3 rings (SSSR count). The number of aromatic amines is 1. The van der Waals surface area contributed by atoms with Gasteiger partial charge in [0.05, 0.1) is 28.9 Å². The van der Waals surface area contributed by atoms with Gasteiger partial charge in [-0.3, -0.25) is 10.1 Å². The van der Waals surface area contributed by atoms with Gasteiger partial charge in [0.25, 0.3) is 0 Å². The number of carbonyl (C=O) groups excluding carboxylic acids is 1. The Morgan fingerprint density at radius 3 is 2.73 bits per heavy atom. The third-order valence-corrected chi connectivity index (χ3v) is 3.69. The van der Waals surface area contributed by atoms with Crippen molar-refractivity contribution in [1.29, 1.82) is 0 Å². The Hall–Kier alpha value is -3.42. The summed E-state index contributed by atoms with van der Waals surface area (Å²) in [4.78, 5) is 26.8. The lowest BCUT2D eigenvalue weighted by Gasteiger charge is -2.13. The number of phenolic OH excluding ortho intramolecular Hbond substituents is 1. The summed E-state index contributed by atoms with van der Waals surface area (Å²) >= 11 is 0. The number of ether oxygens (including phenoxy) is 1. The molecule has 1 aromatic heterocycles. The second-order valence-electron chi connectivity index (χ2n) is 5.40. The van der Waals surface area contributed by atoms with Crippen molar-refractivity contribution in [1.82, 2.24) is 4.98 Å². The number of phenols is 1. The first kappa shape index (κ1) is 17.4. The van der Waals surface area contributed by atoms with Crippen LogP contribution in [0.1, 0.15) is 6.92 Å². The summed E-state index contributed by atoms with van der Waals surface area (Å²) in [6.07, 6.45) is -0.811. The van der Waals surface area contributed by atoms with E-state index in [9.17, 15) is 23.5 Å². The summed E-state index contributed by atoms with van der Waals surface area (Å²) < 4.78 is 32.5. The van der Waals surface area contributed by atoms with Gasteiger partial charge in [-0.25, -0.2) is 13.6 Å². The van der Waals surface area contributed by atoms with E-state index < -0.39 is 28.9 Å². The molecule has 0 atom stereocenters. The van der Waals surface area contributed by atoms with Gasteiger partial charge < -0.3 is 14.8 Å². The largest absolute Gasteiger partial charge is 0.505 e. The summed E-state index contributed by atoms with van der Waals surface area (Å²) in [5, 5.41) is 11.8. The van der Waals surface area contributed by atoms with Gasteiger partial charge in [0.2, 0.25) is 0 Å². The van der Waals surface area contributed by atoms with Crippen LogP contribution < -0.4 is 10.7 Å². The van der Waals surface area contributed by atoms with Crippen molar-refractivity contribution in [2.24, 2.45) is 0 Å². The number of halogens is 2. The standard InChI is InChI=1S/C18H14F2N2O4/c1-2-26-18(25)22-14-7-15(23)11(20)6-9(14)13-8-16(24)17-10(19)4-3-5-12(17)21-13/h3-8,23H,2H2,1H3,(H,21,24)(H,22,25). The molecular formula is C18H14F2N2O4. The van der Waals surface area contributed by atoms with E-state index in [0.29, 0.717) is 0 Å². The van der Waals surface area contributed by atoms with E-state index in [4.69, 9.17) is 4.74 Å². The molecule has 26 heavy (non-hydrogen) atoms. The number of rotatable bonds is 3. The van der Waals surface area contributed by atoms with Crippen LogP contribution in [0, 0.1) is 11.6 Å². The Labute approximate surface area is 146 Å². The Morgan fingerprint density at radius 2 is 2.00 bits per heavy atom. The van der Waals surface area contributed by atoms with Gasteiger partial charge in [0.15, 0.2) is 17.0 Å². The first-order valence-corrected chi connectivity index (χ1v) is 7.69. The molecule has 0 unspecified atom stereocenters. The summed E-state index contributed by atoms with van der Waals surface area (Å²) in [7, 11) is 0. The molecule has 0 aliphatic heterocycles. The van der Waals surface area contributed by atoms with Crippen LogP contribution in [0.15, 0.2) is 41.2 Å². The van der Waals surface area contributed by atoms with Crippen LogP contribution in [0.2, 0.25) is 0 Å². The van der Waals surface area contributed by atoms with E-state index in [1.54, 1.807) is 6.92 Å². The molecule has 134 valence electrons. The van der Waals surface area contributed by atoms with Gasteiger partial charge in [-0.2, -0.15) is 0 Å². The summed E-state index contributed by atoms with van der Waals surface area (Å²) in [6.45, 7) is 1.72. The molecule has 3 N–H and O–H groups in total. The fraction of sp³-hybridized carbons (Fsp3) is 0.111. The van der Waals surface area contributed by atoms with Crippen molar-refractivity contribution in [3.8, 4) is 17.0 Å². The van der Waals surface area contributed by atoms with Crippen LogP contribution in [-0.2, 0) is 4.74 Å². The molecule has 6 nitrogen and oxygen atoms in total. The van der Waals surface area contributed by atoms with Crippen LogP contribution in [0.25, 0.3) is 22.2 Å². The number of amides is 1. The number of benzene rings is 2. The predicted octanol–water partition coefficient (Wildman–Crippen LogP) is 3.75. The summed E-state index contributed by atoms with van der Waals surface area (Å²) in [5.41, 5.74) is -0.144. The fourth-order valence-corrected chi connectivity index (χ4v) is 2.57. The molecule has 3 aromatic rings. The normalized spacial score (nSPS) is 10.7. The zero-order valence-corrected chi connectivity index (χ0v) is 13.6. The van der Waals surface area contributed by atoms with E-state index in [1.165, 1.54) is 12.1 Å². The number of H-pyrrole nitrogens is 1. The zero-order chi connectivity index (χ0) is 18.8. The molecule has 0 saturated heterocycles.